The van der Waals surface area contributed by atoms with Gasteiger partial charge in [0.25, 0.3) is 0 Å². The van der Waals surface area contributed by atoms with Crippen molar-refractivity contribution in [3.05, 3.63) is 0 Å². The van der Waals surface area contributed by atoms with Gasteiger partial charge in [-0.2, -0.15) is 26.3 Å². The van der Waals surface area contributed by atoms with Gasteiger partial charge < -0.3 is 9.79 Å². The number of hydrogen-bond acceptors (Lipinski definition) is 1. The quantitative estimate of drug-likeness (QED) is 0.554. The van der Waals surface area contributed by atoms with E-state index in [0.29, 0.717) is 4.67 Å². The lowest BCUT2D eigenvalue weighted by Gasteiger charge is -2.36. The summed E-state index contributed by atoms with van der Waals surface area (Å²) in [7, 11) is -4.79. The van der Waals surface area contributed by atoms with Crippen LogP contribution in [0.25, 0.3) is 0 Å². The van der Waals surface area contributed by atoms with E-state index in [2.05, 4.69) is 0 Å². The Hall–Kier alpha value is -0.310. The van der Waals surface area contributed by atoms with Crippen molar-refractivity contribution in [3.63, 3.8) is 0 Å². The fourth-order valence-electron chi connectivity index (χ4n) is 2.09. The van der Waals surface area contributed by atoms with Gasteiger partial charge in [-0.1, -0.05) is 0 Å². The lowest BCUT2D eigenvalue weighted by molar-refractivity contribution is -0.173. The van der Waals surface area contributed by atoms with E-state index in [1.165, 1.54) is 20.8 Å². The molecule has 0 fully saturated rings. The van der Waals surface area contributed by atoms with Gasteiger partial charge in [0, 0.05) is 24.9 Å². The summed E-state index contributed by atoms with van der Waals surface area (Å²) in [6, 6.07) is 0. The minimum absolute atomic E-state index is 0.565. The molecular formula is C11H20F6NO3P. The Morgan fingerprint density at radius 1 is 0.955 bits per heavy atom. The van der Waals surface area contributed by atoms with E-state index in [4.69, 9.17) is 0 Å². The van der Waals surface area contributed by atoms with Crippen molar-refractivity contribution >= 4 is 7.75 Å². The first-order valence-electron chi connectivity index (χ1n) is 6.39. The van der Waals surface area contributed by atoms with Gasteiger partial charge in [-0.3, -0.25) is 0 Å². The van der Waals surface area contributed by atoms with E-state index in [-0.39, 0.29) is 0 Å². The van der Waals surface area contributed by atoms with Gasteiger partial charge in [0.15, 0.2) is 0 Å². The van der Waals surface area contributed by atoms with Crippen LogP contribution in [0.15, 0.2) is 0 Å². The third-order valence-electron chi connectivity index (χ3n) is 2.88. The molecule has 0 spiro atoms. The first-order valence-corrected chi connectivity index (χ1v) is 7.95. The van der Waals surface area contributed by atoms with Crippen LogP contribution in [0.1, 0.15) is 40.0 Å². The van der Waals surface area contributed by atoms with Gasteiger partial charge in [0.1, 0.15) is 0 Å². The number of alkyl halides is 6. The molecule has 0 aliphatic rings. The molecule has 134 valence electrons. The summed E-state index contributed by atoms with van der Waals surface area (Å²) in [5.41, 5.74) is -1.10. The number of hydrogen-bond donors (Lipinski definition) is 2. The van der Waals surface area contributed by atoms with Crippen molar-refractivity contribution in [2.75, 3.05) is 6.54 Å². The summed E-state index contributed by atoms with van der Waals surface area (Å²) >= 11 is 0. The first-order chi connectivity index (χ1) is 9.42. The zero-order valence-electron chi connectivity index (χ0n) is 12.4. The summed E-state index contributed by atoms with van der Waals surface area (Å²) < 4.78 is 86.0. The maximum atomic E-state index is 12.3. The highest BCUT2D eigenvalue weighted by Gasteiger charge is 2.41. The van der Waals surface area contributed by atoms with Gasteiger partial charge in [0.2, 0.25) is 0 Å². The van der Waals surface area contributed by atoms with Crippen LogP contribution in [0.3, 0.4) is 0 Å². The van der Waals surface area contributed by atoms with E-state index >= 15 is 0 Å². The predicted molar refractivity (Wildman–Crippen MR) is 68.0 cm³/mol. The zero-order valence-corrected chi connectivity index (χ0v) is 13.3. The molecule has 0 amide bonds. The summed E-state index contributed by atoms with van der Waals surface area (Å²) in [6.07, 6.45) is -13.5. The normalized spacial score (nSPS) is 15.0. The van der Waals surface area contributed by atoms with Gasteiger partial charge in [-0.25, -0.2) is 9.24 Å². The van der Waals surface area contributed by atoms with Crippen molar-refractivity contribution in [1.82, 2.24) is 4.67 Å². The van der Waals surface area contributed by atoms with Crippen LogP contribution in [0.5, 0.6) is 0 Å². The van der Waals surface area contributed by atoms with Crippen molar-refractivity contribution in [2.24, 2.45) is 5.92 Å². The highest BCUT2D eigenvalue weighted by molar-refractivity contribution is 7.49. The average Bonchev–Trinajstić information content (AvgIpc) is 2.06. The second-order valence-corrected chi connectivity index (χ2v) is 7.61. The molecule has 0 unspecified atom stereocenters. The third kappa shape index (κ3) is 9.66. The van der Waals surface area contributed by atoms with Crippen LogP contribution in [-0.2, 0) is 4.57 Å². The predicted octanol–water partition coefficient (Wildman–Crippen LogP) is 4.09. The van der Waals surface area contributed by atoms with Gasteiger partial charge in [-0.05, 0) is 33.1 Å². The molecule has 0 saturated carbocycles. The van der Waals surface area contributed by atoms with Gasteiger partial charge >= 0.3 is 20.1 Å². The molecule has 22 heavy (non-hydrogen) atoms. The zero-order chi connectivity index (χ0) is 18.0. The molecule has 0 saturated heterocycles. The molecule has 0 rings (SSSR count). The molecular weight excluding hydrogens is 339 g/mol. The second kappa shape index (κ2) is 7.07. The molecule has 0 atom stereocenters. The standard InChI is InChI=1S/C11H20F6NO3P/c1-9(2,3)18(22(19,20)21)5-4-8(6-10(12,13)14)7-11(15,16)17/h8H,4-7H2,1-3H3,(H2,19,20,21). The molecule has 0 aromatic carbocycles. The van der Waals surface area contributed by atoms with Crippen LogP contribution in [0.4, 0.5) is 26.3 Å². The summed E-state index contributed by atoms with van der Waals surface area (Å²) in [6.45, 7) is 3.67. The Kier molecular flexibility index (Phi) is 6.97. The Morgan fingerprint density at radius 2 is 1.32 bits per heavy atom. The lowest BCUT2D eigenvalue weighted by atomic mass is 9.96. The van der Waals surface area contributed by atoms with Crippen molar-refractivity contribution in [2.45, 2.75) is 57.9 Å². The lowest BCUT2D eigenvalue weighted by Crippen LogP contribution is -2.40. The van der Waals surface area contributed by atoms with Crippen LogP contribution >= 0.6 is 7.75 Å². The maximum Gasteiger partial charge on any atom is 0.403 e. The fourth-order valence-corrected chi connectivity index (χ4v) is 3.25. The molecule has 0 radical (unpaired) electrons. The van der Waals surface area contributed by atoms with Crippen LogP contribution in [0.2, 0.25) is 0 Å². The van der Waals surface area contributed by atoms with Gasteiger partial charge in [-0.15, -0.1) is 0 Å². The molecule has 2 N–H and O–H groups in total. The number of halogens is 6. The number of rotatable bonds is 6. The third-order valence-corrected chi connectivity index (χ3v) is 4.31. The van der Waals surface area contributed by atoms with E-state index in [0.717, 1.165) is 0 Å². The topological polar surface area (TPSA) is 60.8 Å². The smallest absolute Gasteiger partial charge is 0.312 e. The Morgan fingerprint density at radius 3 is 1.55 bits per heavy atom. The Bertz CT molecular complexity index is 382. The summed E-state index contributed by atoms with van der Waals surface area (Å²) in [4.78, 5) is 18.4. The van der Waals surface area contributed by atoms with Crippen molar-refractivity contribution in [3.8, 4) is 0 Å². The minimum atomic E-state index is -4.79. The molecule has 4 nitrogen and oxygen atoms in total. The molecule has 0 aromatic rings. The number of nitrogens with zero attached hydrogens (tertiary/aromatic N) is 1. The highest BCUT2D eigenvalue weighted by Crippen LogP contribution is 2.46. The first kappa shape index (κ1) is 21.7. The van der Waals surface area contributed by atoms with E-state index in [9.17, 15) is 40.7 Å². The van der Waals surface area contributed by atoms with E-state index in [1.54, 1.807) is 0 Å². The van der Waals surface area contributed by atoms with Crippen molar-refractivity contribution in [1.29, 1.82) is 0 Å². The van der Waals surface area contributed by atoms with E-state index < -0.39 is 57.4 Å². The average molecular weight is 359 g/mol. The maximum absolute atomic E-state index is 12.3. The van der Waals surface area contributed by atoms with Gasteiger partial charge in [0.05, 0.1) is 0 Å². The molecule has 0 aromatic heterocycles. The largest absolute Gasteiger partial charge is 0.403 e. The molecule has 0 aliphatic carbocycles. The summed E-state index contributed by atoms with van der Waals surface area (Å²) in [5, 5.41) is 0. The van der Waals surface area contributed by atoms with Crippen molar-refractivity contribution < 1.29 is 40.7 Å². The minimum Gasteiger partial charge on any atom is -0.312 e. The van der Waals surface area contributed by atoms with E-state index in [1.807, 2.05) is 0 Å². The Labute approximate surface area is 124 Å². The molecule has 0 aliphatic heterocycles. The van der Waals surface area contributed by atoms with Crippen LogP contribution < -0.4 is 0 Å². The van der Waals surface area contributed by atoms with Crippen LogP contribution in [0, 0.1) is 5.92 Å². The monoisotopic (exact) mass is 359 g/mol. The highest BCUT2D eigenvalue weighted by atomic mass is 31.2. The molecule has 11 heteroatoms. The SMILES string of the molecule is CC(C)(C)N(CCC(CC(F)(F)F)CC(F)(F)F)P(=O)(O)O. The molecule has 0 heterocycles. The Balaban J connectivity index is 5.03. The van der Waals surface area contributed by atoms with Crippen LogP contribution in [-0.4, -0.2) is 38.9 Å². The second-order valence-electron chi connectivity index (χ2n) is 6.10. The molecule has 0 bridgehead atoms. The summed E-state index contributed by atoms with van der Waals surface area (Å²) in [5.74, 6) is -1.78. The fraction of sp³-hybridized carbons (Fsp3) is 1.00.